The second-order valence-corrected chi connectivity index (χ2v) is 11.6. The second-order valence-electron chi connectivity index (χ2n) is 7.90. The summed E-state index contributed by atoms with van der Waals surface area (Å²) in [6.45, 7) is 0.472. The van der Waals surface area contributed by atoms with Crippen molar-refractivity contribution in [3.05, 3.63) is 35.9 Å². The Kier molecular flexibility index (Phi) is 5.18. The van der Waals surface area contributed by atoms with Gasteiger partial charge in [0.15, 0.2) is 9.84 Å². The van der Waals surface area contributed by atoms with Crippen LogP contribution < -0.4 is 38.1 Å². The number of nitrogens with zero attached hydrogens (tertiary/aromatic N) is 2. The molecule has 2 saturated heterocycles. The molecule has 2 aliphatic rings. The number of hydrogen-bond donors (Lipinski definition) is 7. The van der Waals surface area contributed by atoms with Crippen LogP contribution in [0.5, 0.6) is 0 Å². The van der Waals surface area contributed by atoms with Crippen molar-refractivity contribution in [3.8, 4) is 11.1 Å². The fraction of sp³-hybridized carbons (Fsp3) is 0.278. The van der Waals surface area contributed by atoms with Gasteiger partial charge in [-0.1, -0.05) is 18.2 Å². The molecule has 2 fully saturated rings. The van der Waals surface area contributed by atoms with E-state index < -0.39 is 36.2 Å². The standard InChI is InChI=1S/C18H23N9O4S2/c1-27-15-11(3-2-4-12(15)22-18(27)19)10-5-6-13(32(28,29)9-7-21-8-9)16(33(20,30)31)14(10)17-23-25-26-24-17/h2-6,9,17,21,23-26H,7-8H2,1H3,(H2,19,22)(H2,20,30,31). The molecule has 13 nitrogen and oxygen atoms in total. The molecular weight excluding hydrogens is 470 g/mol. The molecule has 3 aromatic rings. The predicted octanol–water partition coefficient (Wildman–Crippen LogP) is -1.67. The van der Waals surface area contributed by atoms with E-state index in [0.717, 1.165) is 0 Å². The topological polar surface area (TPSA) is 198 Å². The van der Waals surface area contributed by atoms with E-state index >= 15 is 0 Å². The van der Waals surface area contributed by atoms with Crippen molar-refractivity contribution < 1.29 is 16.8 Å². The smallest absolute Gasteiger partial charge is 0.239 e. The molecule has 3 heterocycles. The van der Waals surface area contributed by atoms with Gasteiger partial charge in [-0.05, 0) is 17.7 Å². The second kappa shape index (κ2) is 7.71. The first-order chi connectivity index (χ1) is 15.6. The van der Waals surface area contributed by atoms with Crippen molar-refractivity contribution >= 4 is 36.8 Å². The molecule has 0 spiro atoms. The number of sulfonamides is 1. The Labute approximate surface area is 189 Å². The van der Waals surface area contributed by atoms with E-state index in [4.69, 9.17) is 10.9 Å². The number of aromatic nitrogens is 2. The van der Waals surface area contributed by atoms with E-state index in [1.54, 1.807) is 35.9 Å². The third-order valence-electron chi connectivity index (χ3n) is 5.94. The molecular formula is C18H23N9O4S2. The van der Waals surface area contributed by atoms with Gasteiger partial charge in [0.05, 0.1) is 21.2 Å². The number of fused-ring (bicyclic) bond motifs is 1. The molecule has 176 valence electrons. The lowest BCUT2D eigenvalue weighted by molar-refractivity contribution is 0.491. The lowest BCUT2D eigenvalue weighted by Gasteiger charge is -2.29. The number of primary sulfonamides is 1. The van der Waals surface area contributed by atoms with Gasteiger partial charge in [-0.3, -0.25) is 0 Å². The van der Waals surface area contributed by atoms with E-state index in [1.165, 1.54) is 6.07 Å². The number of benzene rings is 2. The first-order valence-electron chi connectivity index (χ1n) is 9.97. The van der Waals surface area contributed by atoms with E-state index in [-0.39, 0.29) is 29.5 Å². The van der Waals surface area contributed by atoms with Gasteiger partial charge in [0.25, 0.3) is 0 Å². The Morgan fingerprint density at radius 3 is 2.33 bits per heavy atom. The number of para-hydroxylation sites is 1. The summed E-state index contributed by atoms with van der Waals surface area (Å²) in [6.07, 6.45) is -0.830. The normalized spacial score (nSPS) is 18.1. The maximum Gasteiger partial charge on any atom is 0.239 e. The van der Waals surface area contributed by atoms with Gasteiger partial charge in [0.2, 0.25) is 16.0 Å². The Morgan fingerprint density at radius 1 is 1.03 bits per heavy atom. The zero-order chi connectivity index (χ0) is 23.5. The minimum atomic E-state index is -4.47. The lowest BCUT2D eigenvalue weighted by atomic mass is 9.96. The Morgan fingerprint density at radius 2 is 1.73 bits per heavy atom. The number of nitrogens with two attached hydrogens (primary N) is 2. The largest absolute Gasteiger partial charge is 0.369 e. The number of anilines is 1. The summed E-state index contributed by atoms with van der Waals surface area (Å²) >= 11 is 0. The van der Waals surface area contributed by atoms with Crippen LogP contribution in [0.25, 0.3) is 22.2 Å². The highest BCUT2D eigenvalue weighted by Gasteiger charge is 2.39. The highest BCUT2D eigenvalue weighted by molar-refractivity contribution is 7.94. The molecule has 33 heavy (non-hydrogen) atoms. The molecule has 2 aliphatic heterocycles. The van der Waals surface area contributed by atoms with Gasteiger partial charge in [0, 0.05) is 31.3 Å². The van der Waals surface area contributed by atoms with Crippen LogP contribution in [0.2, 0.25) is 0 Å². The number of hydrogen-bond acceptors (Lipinski definition) is 11. The van der Waals surface area contributed by atoms with Crippen molar-refractivity contribution in [2.24, 2.45) is 12.2 Å². The number of rotatable bonds is 5. The zero-order valence-corrected chi connectivity index (χ0v) is 19.1. The zero-order valence-electron chi connectivity index (χ0n) is 17.5. The number of sulfone groups is 1. The van der Waals surface area contributed by atoms with Gasteiger partial charge in [0.1, 0.15) is 11.1 Å². The van der Waals surface area contributed by atoms with Crippen molar-refractivity contribution in [2.45, 2.75) is 21.2 Å². The summed E-state index contributed by atoms with van der Waals surface area (Å²) < 4.78 is 54.1. The van der Waals surface area contributed by atoms with E-state index in [2.05, 4.69) is 32.2 Å². The van der Waals surface area contributed by atoms with Crippen LogP contribution in [0.3, 0.4) is 0 Å². The maximum atomic E-state index is 13.3. The maximum absolute atomic E-state index is 13.3. The van der Waals surface area contributed by atoms with Crippen LogP contribution in [-0.2, 0) is 26.9 Å². The molecule has 0 unspecified atom stereocenters. The molecule has 0 atom stereocenters. The van der Waals surface area contributed by atoms with Crippen LogP contribution in [0, 0.1) is 0 Å². The van der Waals surface area contributed by atoms with Crippen molar-refractivity contribution in [1.82, 2.24) is 36.8 Å². The van der Waals surface area contributed by atoms with E-state index in [0.29, 0.717) is 22.2 Å². The number of aryl methyl sites for hydroxylation is 1. The van der Waals surface area contributed by atoms with E-state index in [9.17, 15) is 16.8 Å². The van der Waals surface area contributed by atoms with Gasteiger partial charge in [-0.15, -0.1) is 0 Å². The molecule has 0 saturated carbocycles. The summed E-state index contributed by atoms with van der Waals surface area (Å²) in [6, 6.07) is 8.23. The first-order valence-corrected chi connectivity index (χ1v) is 13.1. The van der Waals surface area contributed by atoms with Crippen LogP contribution in [0.15, 0.2) is 40.1 Å². The summed E-state index contributed by atoms with van der Waals surface area (Å²) in [5, 5.41) is 7.80. The van der Waals surface area contributed by atoms with Gasteiger partial charge >= 0.3 is 0 Å². The highest BCUT2D eigenvalue weighted by Crippen LogP contribution is 2.40. The quantitative estimate of drug-likeness (QED) is 0.214. The molecule has 1 aromatic heterocycles. The molecule has 0 radical (unpaired) electrons. The molecule has 0 amide bonds. The lowest BCUT2D eigenvalue weighted by Crippen LogP contribution is -2.51. The molecule has 5 rings (SSSR count). The van der Waals surface area contributed by atoms with Gasteiger partial charge < -0.3 is 15.6 Å². The van der Waals surface area contributed by atoms with Crippen molar-refractivity contribution in [2.75, 3.05) is 18.8 Å². The summed E-state index contributed by atoms with van der Waals surface area (Å²) in [7, 11) is -6.70. The Bertz CT molecular complexity index is 1470. The minimum Gasteiger partial charge on any atom is -0.369 e. The Hall–Kier alpha value is -2.63. The average Bonchev–Trinajstić information content (AvgIpc) is 3.33. The summed E-state index contributed by atoms with van der Waals surface area (Å²) in [4.78, 5) is 3.54. The highest BCUT2D eigenvalue weighted by atomic mass is 32.2. The molecule has 0 aliphatic carbocycles. The monoisotopic (exact) mass is 493 g/mol. The first kappa shape index (κ1) is 22.2. The molecule has 0 bridgehead atoms. The number of nitrogen functional groups attached to an aromatic ring is 1. The van der Waals surface area contributed by atoms with Gasteiger partial charge in [-0.25, -0.2) is 37.8 Å². The van der Waals surface area contributed by atoms with Gasteiger partial charge in [-0.2, -0.15) is 11.1 Å². The number of nitrogens with one attached hydrogen (secondary N) is 5. The summed E-state index contributed by atoms with van der Waals surface area (Å²) in [5.74, 6) is 0.280. The Balaban J connectivity index is 1.88. The number of imidazole rings is 1. The van der Waals surface area contributed by atoms with Crippen LogP contribution in [0.1, 0.15) is 11.7 Å². The van der Waals surface area contributed by atoms with Crippen molar-refractivity contribution in [1.29, 1.82) is 0 Å². The fourth-order valence-corrected chi connectivity index (χ4v) is 7.42. The SMILES string of the molecule is Cn1c(N)nc2cccc(-c3ccc(S(=O)(=O)C4CNC4)c(S(N)(=O)=O)c3C3NNNN3)c21. The van der Waals surface area contributed by atoms with E-state index in [1.807, 2.05) is 0 Å². The summed E-state index contributed by atoms with van der Waals surface area (Å²) in [5.41, 5.74) is 19.5. The van der Waals surface area contributed by atoms with Crippen LogP contribution in [-0.4, -0.2) is 44.7 Å². The number of hydrazine groups is 3. The van der Waals surface area contributed by atoms with Crippen molar-refractivity contribution in [3.63, 3.8) is 0 Å². The molecule has 9 N–H and O–H groups in total. The predicted molar refractivity (Wildman–Crippen MR) is 121 cm³/mol. The fourth-order valence-electron chi connectivity index (χ4n) is 4.18. The molecule has 2 aromatic carbocycles. The third kappa shape index (κ3) is 3.49. The third-order valence-corrected chi connectivity index (χ3v) is 9.24. The minimum absolute atomic E-state index is 0.149. The average molecular weight is 494 g/mol. The van der Waals surface area contributed by atoms with Crippen LogP contribution >= 0.6 is 0 Å². The van der Waals surface area contributed by atoms with Crippen LogP contribution in [0.4, 0.5) is 5.95 Å². The molecule has 15 heteroatoms.